The lowest BCUT2D eigenvalue weighted by atomic mass is 10.1. The molecule has 0 aliphatic carbocycles. The van der Waals surface area contributed by atoms with Gasteiger partial charge < -0.3 is 14.6 Å². The van der Waals surface area contributed by atoms with Gasteiger partial charge in [0.15, 0.2) is 0 Å². The number of rotatable bonds is 6. The van der Waals surface area contributed by atoms with Crippen LogP contribution in [0.4, 0.5) is 0 Å². The summed E-state index contributed by atoms with van der Waals surface area (Å²) in [6.07, 6.45) is 3.86. The third-order valence-corrected chi connectivity index (χ3v) is 4.70. The van der Waals surface area contributed by atoms with Crippen LogP contribution in [0.3, 0.4) is 0 Å². The summed E-state index contributed by atoms with van der Waals surface area (Å²) in [7, 11) is 4.20. The van der Waals surface area contributed by atoms with E-state index in [0.717, 1.165) is 18.5 Å². The highest BCUT2D eigenvalue weighted by molar-refractivity contribution is 5.86. The fourth-order valence-corrected chi connectivity index (χ4v) is 3.56. The zero-order valence-corrected chi connectivity index (χ0v) is 15.5. The van der Waals surface area contributed by atoms with Crippen molar-refractivity contribution in [3.8, 4) is 0 Å². The Balaban J connectivity index is 2.10. The number of benzene rings is 1. The van der Waals surface area contributed by atoms with E-state index in [1.54, 1.807) is 12.4 Å². The van der Waals surface area contributed by atoms with Crippen molar-refractivity contribution < 1.29 is 5.11 Å². The van der Waals surface area contributed by atoms with Gasteiger partial charge in [-0.05, 0) is 62.8 Å². The second-order valence-electron chi connectivity index (χ2n) is 6.94. The smallest absolute Gasteiger partial charge is 0.0970 e. The normalized spacial score (nSPS) is 12.9. The number of hydrogen-bond acceptors (Lipinski definition) is 3. The van der Waals surface area contributed by atoms with Crippen molar-refractivity contribution in [1.29, 1.82) is 0 Å². The van der Waals surface area contributed by atoms with Crippen LogP contribution < -0.4 is 0 Å². The number of nitrogens with zero attached hydrogens (tertiary/aromatic N) is 3. The molecule has 25 heavy (non-hydrogen) atoms. The van der Waals surface area contributed by atoms with Crippen LogP contribution >= 0.6 is 0 Å². The van der Waals surface area contributed by atoms with Gasteiger partial charge in [-0.1, -0.05) is 18.6 Å². The Morgan fingerprint density at radius 1 is 1.16 bits per heavy atom. The van der Waals surface area contributed by atoms with Crippen LogP contribution in [-0.4, -0.2) is 33.7 Å². The topological polar surface area (TPSA) is 41.3 Å². The average molecular weight is 337 g/mol. The summed E-state index contributed by atoms with van der Waals surface area (Å²) in [4.78, 5) is 6.25. The Labute approximate surface area is 149 Å². The molecule has 4 heteroatoms. The first-order valence-electron chi connectivity index (χ1n) is 8.84. The summed E-state index contributed by atoms with van der Waals surface area (Å²) < 4.78 is 2.29. The van der Waals surface area contributed by atoms with Crippen LogP contribution in [0.2, 0.25) is 0 Å². The molecule has 0 bridgehead atoms. The first-order chi connectivity index (χ1) is 12.0. The van der Waals surface area contributed by atoms with Gasteiger partial charge >= 0.3 is 0 Å². The maximum absolute atomic E-state index is 10.7. The Bertz CT molecular complexity index is 852. The first-order valence-corrected chi connectivity index (χ1v) is 8.84. The second-order valence-corrected chi connectivity index (χ2v) is 6.94. The van der Waals surface area contributed by atoms with E-state index in [-0.39, 0.29) is 0 Å². The molecule has 4 nitrogen and oxygen atoms in total. The average Bonchev–Trinajstić information content (AvgIpc) is 2.87. The lowest BCUT2D eigenvalue weighted by molar-refractivity contribution is 0.157. The van der Waals surface area contributed by atoms with Gasteiger partial charge in [-0.25, -0.2) is 0 Å². The number of aryl methyl sites for hydroxylation is 1. The fourth-order valence-electron chi connectivity index (χ4n) is 3.56. The Kier molecular flexibility index (Phi) is 5.21. The molecule has 0 radical (unpaired) electrons. The summed E-state index contributed by atoms with van der Waals surface area (Å²) >= 11 is 0. The van der Waals surface area contributed by atoms with E-state index in [1.807, 2.05) is 12.1 Å². The van der Waals surface area contributed by atoms with Gasteiger partial charge in [0.2, 0.25) is 0 Å². The van der Waals surface area contributed by atoms with Gasteiger partial charge in [-0.15, -0.1) is 0 Å². The van der Waals surface area contributed by atoms with Crippen LogP contribution in [0, 0.1) is 6.92 Å². The summed E-state index contributed by atoms with van der Waals surface area (Å²) in [5.74, 6) is 0. The molecule has 1 unspecified atom stereocenters. The van der Waals surface area contributed by atoms with Gasteiger partial charge in [0, 0.05) is 35.5 Å². The van der Waals surface area contributed by atoms with Crippen molar-refractivity contribution in [1.82, 2.24) is 14.5 Å². The number of hydrogen-bond donors (Lipinski definition) is 1. The quantitative estimate of drug-likeness (QED) is 0.746. The minimum absolute atomic E-state index is 0.544. The molecule has 0 saturated carbocycles. The van der Waals surface area contributed by atoms with E-state index < -0.39 is 6.10 Å². The van der Waals surface area contributed by atoms with Gasteiger partial charge in [-0.2, -0.15) is 0 Å². The van der Waals surface area contributed by atoms with Crippen LogP contribution in [0.1, 0.15) is 35.4 Å². The number of aliphatic hydroxyl groups excluding tert-OH is 1. The largest absolute Gasteiger partial charge is 0.387 e. The third kappa shape index (κ3) is 3.60. The van der Waals surface area contributed by atoms with Crippen LogP contribution in [0.5, 0.6) is 0 Å². The molecule has 0 fully saturated rings. The highest BCUT2D eigenvalue weighted by Crippen LogP contribution is 2.30. The van der Waals surface area contributed by atoms with Crippen molar-refractivity contribution in [3.63, 3.8) is 0 Å². The number of fused-ring (bicyclic) bond motifs is 1. The van der Waals surface area contributed by atoms with Crippen molar-refractivity contribution in [2.75, 3.05) is 14.1 Å². The first kappa shape index (κ1) is 17.6. The third-order valence-electron chi connectivity index (χ3n) is 4.70. The monoisotopic (exact) mass is 337 g/mol. The molecule has 3 aromatic rings. The van der Waals surface area contributed by atoms with E-state index in [9.17, 15) is 5.11 Å². The Morgan fingerprint density at radius 2 is 1.88 bits per heavy atom. The molecule has 3 rings (SSSR count). The molecule has 2 aromatic heterocycles. The molecule has 1 N–H and O–H groups in total. The van der Waals surface area contributed by atoms with E-state index in [4.69, 9.17) is 0 Å². The van der Waals surface area contributed by atoms with Gasteiger partial charge in [-0.3, -0.25) is 4.98 Å². The standard InChI is InChI=1S/C21H27N3O/c1-5-19-18(13-23(3)4)17-12-15(2)6-7-20(17)24(19)14-21(25)16-8-10-22-11-9-16/h6-12,21,25H,5,13-14H2,1-4H3. The zero-order valence-electron chi connectivity index (χ0n) is 15.5. The van der Waals surface area contributed by atoms with Crippen molar-refractivity contribution in [2.24, 2.45) is 0 Å². The maximum Gasteiger partial charge on any atom is 0.0970 e. The summed E-state index contributed by atoms with van der Waals surface area (Å²) in [5.41, 5.74) is 6.05. The predicted molar refractivity (Wildman–Crippen MR) is 103 cm³/mol. The van der Waals surface area contributed by atoms with Gasteiger partial charge in [0.05, 0.1) is 12.6 Å². The molecule has 0 aliphatic rings. The van der Waals surface area contributed by atoms with Gasteiger partial charge in [0.1, 0.15) is 0 Å². The van der Waals surface area contributed by atoms with E-state index >= 15 is 0 Å². The molecule has 1 atom stereocenters. The van der Waals surface area contributed by atoms with Crippen LogP contribution in [-0.2, 0) is 19.5 Å². The summed E-state index contributed by atoms with van der Waals surface area (Å²) in [6.45, 7) is 5.78. The molecular weight excluding hydrogens is 310 g/mol. The summed E-state index contributed by atoms with van der Waals surface area (Å²) in [6, 6.07) is 10.4. The molecule has 0 aliphatic heterocycles. The number of pyridine rings is 1. The highest BCUT2D eigenvalue weighted by Gasteiger charge is 2.19. The molecule has 0 amide bonds. The lowest BCUT2D eigenvalue weighted by Crippen LogP contribution is -2.14. The number of aliphatic hydroxyl groups is 1. The molecule has 0 spiro atoms. The molecule has 132 valence electrons. The molecule has 0 saturated heterocycles. The SMILES string of the molecule is CCc1c(CN(C)C)c2cc(C)ccc2n1CC(O)c1ccncc1. The fraction of sp³-hybridized carbons (Fsp3) is 0.381. The zero-order chi connectivity index (χ0) is 18.0. The molecule has 1 aromatic carbocycles. The van der Waals surface area contributed by atoms with E-state index in [0.29, 0.717) is 6.54 Å². The van der Waals surface area contributed by atoms with Crippen LogP contribution in [0.15, 0.2) is 42.7 Å². The Hall–Kier alpha value is -2.17. The van der Waals surface area contributed by atoms with Crippen molar-refractivity contribution in [3.05, 3.63) is 65.1 Å². The summed E-state index contributed by atoms with van der Waals surface area (Å²) in [5, 5.41) is 12.0. The van der Waals surface area contributed by atoms with E-state index in [1.165, 1.54) is 27.7 Å². The molecular formula is C21H27N3O. The minimum atomic E-state index is -0.544. The predicted octanol–water partition coefficient (Wildman–Crippen LogP) is 3.70. The minimum Gasteiger partial charge on any atom is -0.387 e. The highest BCUT2D eigenvalue weighted by atomic mass is 16.3. The number of aromatic nitrogens is 2. The van der Waals surface area contributed by atoms with Crippen LogP contribution in [0.25, 0.3) is 10.9 Å². The second kappa shape index (κ2) is 7.38. The Morgan fingerprint density at radius 3 is 2.52 bits per heavy atom. The van der Waals surface area contributed by atoms with Crippen molar-refractivity contribution in [2.45, 2.75) is 39.5 Å². The van der Waals surface area contributed by atoms with Gasteiger partial charge in [0.25, 0.3) is 0 Å². The lowest BCUT2D eigenvalue weighted by Gasteiger charge is -2.17. The van der Waals surface area contributed by atoms with Crippen molar-refractivity contribution >= 4 is 10.9 Å². The molecule has 2 heterocycles. The maximum atomic E-state index is 10.7. The van der Waals surface area contributed by atoms with E-state index in [2.05, 4.69) is 60.6 Å².